The Morgan fingerprint density at radius 2 is 1.30 bits per heavy atom. The van der Waals surface area contributed by atoms with Gasteiger partial charge in [-0.3, -0.25) is 43.3 Å². The molecule has 4 aromatic rings. The van der Waals surface area contributed by atoms with E-state index < -0.39 is 84.1 Å². The summed E-state index contributed by atoms with van der Waals surface area (Å²) in [5.74, 6) is -6.72. The molecule has 70 heavy (non-hydrogen) atoms. The summed E-state index contributed by atoms with van der Waals surface area (Å²) in [5.41, 5.74) is 19.0. The van der Waals surface area contributed by atoms with E-state index in [4.69, 9.17) is 17.2 Å². The van der Waals surface area contributed by atoms with Crippen molar-refractivity contribution in [3.05, 3.63) is 90.1 Å². The van der Waals surface area contributed by atoms with Crippen molar-refractivity contribution >= 4 is 64.2 Å². The molecular weight excluding hydrogens is 905 g/mol. The van der Waals surface area contributed by atoms with Gasteiger partial charge < -0.3 is 69.5 Å². The molecule has 1 aliphatic rings. The normalized spacial score (nSPS) is 14.7. The Balaban J connectivity index is 1.39. The number of aliphatic imine (C=N–C) groups is 1. The van der Waals surface area contributed by atoms with Gasteiger partial charge in [-0.15, -0.1) is 0 Å². The number of fused-ring (bicyclic) bond motifs is 1. The van der Waals surface area contributed by atoms with Gasteiger partial charge in [0.05, 0.1) is 12.9 Å². The lowest BCUT2D eigenvalue weighted by Crippen LogP contribution is -2.60. The van der Waals surface area contributed by atoms with E-state index in [-0.39, 0.29) is 70.0 Å². The van der Waals surface area contributed by atoms with E-state index in [9.17, 15) is 43.5 Å². The van der Waals surface area contributed by atoms with Crippen molar-refractivity contribution in [3.8, 4) is 0 Å². The van der Waals surface area contributed by atoms with Crippen molar-refractivity contribution in [1.82, 2.24) is 52.2 Å². The minimum Gasteiger partial charge on any atom is -0.480 e. The largest absolute Gasteiger partial charge is 0.480 e. The number of para-hydroxylation sites is 1. The lowest BCUT2D eigenvalue weighted by molar-refractivity contribution is -0.138. The Bertz CT molecular complexity index is 2420. The molecule has 2 aromatic heterocycles. The molecule has 0 aliphatic heterocycles. The van der Waals surface area contributed by atoms with Crippen LogP contribution in [0.2, 0.25) is 0 Å². The molecule has 1 fully saturated rings. The number of carboxylic acid groups (broad SMARTS) is 1. The first-order valence-electron chi connectivity index (χ1n) is 23.3. The van der Waals surface area contributed by atoms with E-state index in [1.54, 1.807) is 42.6 Å². The molecule has 5 atom stereocenters. The number of nitrogens with one attached hydrogen (secondary N) is 9. The van der Waals surface area contributed by atoms with Crippen molar-refractivity contribution in [3.63, 3.8) is 0 Å². The standard InChI is InChI=1S/C47H64N14O9/c48-39(62)18-17-35(57-40(63)25-53-30-12-5-2-6-13-30)44(68)61-38(22-31-24-51-27-56-31)46(70)59-36(20-28-10-3-1-4-11-28)45(69)58-34(16-9-19-52-47(49)50)43(67)60-37(42(66)55-26-41(64)65)21-29-23-54-33-15-8-7-14-32(29)33/h1,3-4,7-8,10-11,14-15,23-24,27,30,34-38,53-54H,2,5-6,9,12-13,16-22,25-26H2,(H2,48,62)(H,51,56)(H,55,66)(H,57,63)(H,58,69)(H,59,70)(H,60,67)(H,61,68)(H,64,65)(H4,49,50,52)/t34-,35-,36+,37+,38-/m0/s1. The van der Waals surface area contributed by atoms with Crippen LogP contribution in [0.25, 0.3) is 10.9 Å². The summed E-state index contributed by atoms with van der Waals surface area (Å²) in [5, 5.41) is 29.2. The zero-order valence-corrected chi connectivity index (χ0v) is 38.8. The average molecular weight is 969 g/mol. The Morgan fingerprint density at radius 3 is 1.94 bits per heavy atom. The number of carbonyl (C=O) groups is 8. The SMILES string of the molecule is NC(=O)CC[C@H](NC(=O)CNC1CCCCC1)C(=O)N[C@@H](Cc1cnc[nH]1)C(=O)N[C@H](Cc1ccccc1)C(=O)N[C@@H](CCCN=C(N)N)C(=O)N[C@H](Cc1c[nH]c2ccccc12)C(=O)NCC(=O)O. The predicted molar refractivity (Wildman–Crippen MR) is 258 cm³/mol. The van der Waals surface area contributed by atoms with Crippen LogP contribution in [0, 0.1) is 0 Å². The highest BCUT2D eigenvalue weighted by Gasteiger charge is 2.34. The summed E-state index contributed by atoms with van der Waals surface area (Å²) in [6.07, 6.45) is 8.97. The summed E-state index contributed by atoms with van der Waals surface area (Å²) in [6.45, 7) is -0.729. The van der Waals surface area contributed by atoms with E-state index in [2.05, 4.69) is 57.2 Å². The quantitative estimate of drug-likeness (QED) is 0.0181. The van der Waals surface area contributed by atoms with Crippen molar-refractivity contribution in [2.75, 3.05) is 19.6 Å². The minimum atomic E-state index is -1.37. The van der Waals surface area contributed by atoms with Crippen LogP contribution in [0.15, 0.2) is 78.3 Å². The number of nitrogens with two attached hydrogens (primary N) is 3. The van der Waals surface area contributed by atoms with Gasteiger partial charge in [-0.1, -0.05) is 67.8 Å². The zero-order valence-electron chi connectivity index (χ0n) is 38.8. The molecule has 0 spiro atoms. The molecule has 5 rings (SSSR count). The fourth-order valence-electron chi connectivity index (χ4n) is 8.11. The molecule has 0 saturated heterocycles. The van der Waals surface area contributed by atoms with Crippen LogP contribution in [0.4, 0.5) is 0 Å². The van der Waals surface area contributed by atoms with Gasteiger partial charge in [-0.25, -0.2) is 4.98 Å². The number of hydrogen-bond acceptors (Lipinski definition) is 11. The number of imidazole rings is 1. The topological polar surface area (TPSA) is 376 Å². The number of guanidine groups is 1. The second-order valence-corrected chi connectivity index (χ2v) is 17.2. The number of rotatable bonds is 28. The van der Waals surface area contributed by atoms with Gasteiger partial charge in [0.1, 0.15) is 36.8 Å². The third kappa shape index (κ3) is 17.7. The maximum absolute atomic E-state index is 14.5. The number of primary amides is 1. The van der Waals surface area contributed by atoms with E-state index in [1.165, 1.54) is 12.5 Å². The molecule has 23 nitrogen and oxygen atoms in total. The van der Waals surface area contributed by atoms with Crippen LogP contribution in [0.3, 0.4) is 0 Å². The molecule has 7 amide bonds. The van der Waals surface area contributed by atoms with Crippen molar-refractivity contribution in [2.24, 2.45) is 22.2 Å². The number of amides is 7. The van der Waals surface area contributed by atoms with Gasteiger partial charge in [-0.05, 0) is 49.3 Å². The second kappa shape index (κ2) is 27.2. The van der Waals surface area contributed by atoms with Crippen LogP contribution < -0.4 is 54.4 Å². The summed E-state index contributed by atoms with van der Waals surface area (Å²) < 4.78 is 0. The lowest BCUT2D eigenvalue weighted by Gasteiger charge is -2.27. The third-order valence-electron chi connectivity index (χ3n) is 11.7. The highest BCUT2D eigenvalue weighted by atomic mass is 16.4. The number of hydrogen-bond donors (Lipinski definition) is 13. The van der Waals surface area contributed by atoms with Gasteiger partial charge in [0.15, 0.2) is 5.96 Å². The van der Waals surface area contributed by atoms with Gasteiger partial charge in [0.2, 0.25) is 41.4 Å². The molecule has 0 unspecified atom stereocenters. The van der Waals surface area contributed by atoms with Crippen LogP contribution in [0.5, 0.6) is 0 Å². The maximum atomic E-state index is 14.5. The Kier molecular flexibility index (Phi) is 20.7. The Hall–Kier alpha value is -7.82. The van der Waals surface area contributed by atoms with Gasteiger partial charge in [0.25, 0.3) is 0 Å². The smallest absolute Gasteiger partial charge is 0.322 e. The molecule has 0 radical (unpaired) electrons. The molecule has 16 N–H and O–H groups in total. The molecular formula is C47H64N14O9. The van der Waals surface area contributed by atoms with Crippen LogP contribution in [-0.2, 0) is 57.6 Å². The van der Waals surface area contributed by atoms with Crippen LogP contribution in [-0.4, -0.2) is 129 Å². The van der Waals surface area contributed by atoms with E-state index >= 15 is 0 Å². The van der Waals surface area contributed by atoms with E-state index in [0.717, 1.165) is 43.0 Å². The third-order valence-corrected chi connectivity index (χ3v) is 11.7. The number of aromatic amines is 2. The molecule has 1 aliphatic carbocycles. The first-order chi connectivity index (χ1) is 33.6. The molecule has 0 bridgehead atoms. The fourth-order valence-corrected chi connectivity index (χ4v) is 8.11. The van der Waals surface area contributed by atoms with Gasteiger partial charge in [0, 0.05) is 67.3 Å². The second-order valence-electron chi connectivity index (χ2n) is 17.2. The number of aromatic nitrogens is 3. The highest BCUT2D eigenvalue weighted by Crippen LogP contribution is 2.20. The van der Waals surface area contributed by atoms with Gasteiger partial charge >= 0.3 is 5.97 Å². The molecule has 376 valence electrons. The number of aliphatic carboxylic acids is 1. The van der Waals surface area contributed by atoms with Crippen molar-refractivity contribution in [1.29, 1.82) is 0 Å². The minimum absolute atomic E-state index is 0.0516. The van der Waals surface area contributed by atoms with E-state index in [1.807, 2.05) is 18.2 Å². The summed E-state index contributed by atoms with van der Waals surface area (Å²) >= 11 is 0. The average Bonchev–Trinajstić information content (AvgIpc) is 4.02. The summed E-state index contributed by atoms with van der Waals surface area (Å²) in [7, 11) is 0. The summed E-state index contributed by atoms with van der Waals surface area (Å²) in [6, 6.07) is 9.47. The number of benzene rings is 2. The van der Waals surface area contributed by atoms with E-state index in [0.29, 0.717) is 16.8 Å². The zero-order chi connectivity index (χ0) is 50.4. The molecule has 23 heteroatoms. The number of carbonyl (C=O) groups excluding carboxylic acids is 7. The monoisotopic (exact) mass is 968 g/mol. The first kappa shape index (κ1) is 53.1. The predicted octanol–water partition coefficient (Wildman–Crippen LogP) is -1.21. The fraction of sp³-hybridized carbons (Fsp3) is 0.447. The van der Waals surface area contributed by atoms with Gasteiger partial charge in [-0.2, -0.15) is 0 Å². The Morgan fingerprint density at radius 1 is 0.686 bits per heavy atom. The molecule has 2 aromatic carbocycles. The Labute approximate surface area is 404 Å². The number of carboxylic acids is 1. The lowest BCUT2D eigenvalue weighted by atomic mass is 9.95. The van der Waals surface area contributed by atoms with Crippen LogP contribution >= 0.6 is 0 Å². The maximum Gasteiger partial charge on any atom is 0.322 e. The van der Waals surface area contributed by atoms with Crippen molar-refractivity contribution < 1.29 is 43.5 Å². The van der Waals surface area contributed by atoms with Crippen LogP contribution in [0.1, 0.15) is 74.6 Å². The highest BCUT2D eigenvalue weighted by molar-refractivity contribution is 5.97. The number of H-pyrrole nitrogens is 2. The molecule has 2 heterocycles. The summed E-state index contributed by atoms with van der Waals surface area (Å²) in [4.78, 5) is 121. The number of nitrogens with zero attached hydrogens (tertiary/aromatic N) is 2. The molecule has 1 saturated carbocycles. The first-order valence-corrected chi connectivity index (χ1v) is 23.3. The van der Waals surface area contributed by atoms with Crippen molar-refractivity contribution in [2.45, 2.75) is 113 Å².